The summed E-state index contributed by atoms with van der Waals surface area (Å²) >= 11 is 0. The first kappa shape index (κ1) is 13.6. The van der Waals surface area contributed by atoms with Crippen LogP contribution in [0.4, 0.5) is 5.82 Å². The van der Waals surface area contributed by atoms with Crippen LogP contribution in [0.15, 0.2) is 31.0 Å². The van der Waals surface area contributed by atoms with Crippen molar-refractivity contribution in [2.45, 2.75) is 26.2 Å². The second-order valence-corrected chi connectivity index (χ2v) is 4.47. The normalized spacial score (nSPS) is 15.1. The van der Waals surface area contributed by atoms with E-state index in [0.717, 1.165) is 36.9 Å². The highest BCUT2D eigenvalue weighted by molar-refractivity contribution is 5.52. The van der Waals surface area contributed by atoms with Crippen LogP contribution in [0.3, 0.4) is 0 Å². The van der Waals surface area contributed by atoms with Crippen LogP contribution >= 0.6 is 0 Å². The van der Waals surface area contributed by atoms with Crippen molar-refractivity contribution in [1.29, 1.82) is 0 Å². The van der Waals surface area contributed by atoms with E-state index in [-0.39, 0.29) is 0 Å². The molecule has 1 saturated heterocycles. The van der Waals surface area contributed by atoms with E-state index < -0.39 is 0 Å². The first-order chi connectivity index (χ1) is 9.35. The van der Waals surface area contributed by atoms with Crippen molar-refractivity contribution >= 4 is 5.82 Å². The third-order valence-corrected chi connectivity index (χ3v) is 3.06. The Morgan fingerprint density at radius 2 is 2.21 bits per heavy atom. The number of rotatable bonds is 6. The van der Waals surface area contributed by atoms with Gasteiger partial charge < -0.3 is 9.64 Å². The molecule has 0 atom stereocenters. The maximum Gasteiger partial charge on any atom is 0.180 e. The zero-order valence-electron chi connectivity index (χ0n) is 11.5. The van der Waals surface area contributed by atoms with Crippen molar-refractivity contribution in [2.75, 3.05) is 24.6 Å². The molecule has 0 spiro atoms. The molecule has 0 radical (unpaired) electrons. The molecule has 0 bridgehead atoms. The van der Waals surface area contributed by atoms with Gasteiger partial charge in [0, 0.05) is 19.5 Å². The Labute approximate surface area is 114 Å². The second kappa shape index (κ2) is 6.92. The summed E-state index contributed by atoms with van der Waals surface area (Å²) in [6.45, 7) is 8.38. The Kier molecular flexibility index (Phi) is 4.95. The lowest BCUT2D eigenvalue weighted by Crippen LogP contribution is -2.21. The van der Waals surface area contributed by atoms with Gasteiger partial charge in [-0.25, -0.2) is 9.97 Å². The van der Waals surface area contributed by atoms with Crippen molar-refractivity contribution in [3.63, 3.8) is 0 Å². The van der Waals surface area contributed by atoms with Crippen LogP contribution < -0.4 is 9.64 Å². The molecule has 4 heteroatoms. The number of aromatic nitrogens is 2. The molecule has 0 amide bonds. The molecule has 19 heavy (non-hydrogen) atoms. The summed E-state index contributed by atoms with van der Waals surface area (Å²) < 4.78 is 5.63. The molecule has 1 aliphatic rings. The van der Waals surface area contributed by atoms with Crippen molar-refractivity contribution < 1.29 is 4.74 Å². The minimum absolute atomic E-state index is 0.639. The second-order valence-electron chi connectivity index (χ2n) is 4.47. The van der Waals surface area contributed by atoms with E-state index in [1.807, 2.05) is 19.1 Å². The Balaban J connectivity index is 2.21. The molecule has 0 saturated carbocycles. The van der Waals surface area contributed by atoms with Gasteiger partial charge in [-0.15, -0.1) is 0 Å². The smallest absolute Gasteiger partial charge is 0.180 e. The van der Waals surface area contributed by atoms with Gasteiger partial charge in [0.05, 0.1) is 12.8 Å². The highest BCUT2D eigenvalue weighted by atomic mass is 16.5. The first-order valence-electron chi connectivity index (χ1n) is 6.86. The first-order valence-corrected chi connectivity index (χ1v) is 6.86. The number of anilines is 1. The molecule has 0 aliphatic carbocycles. The lowest BCUT2D eigenvalue weighted by molar-refractivity contribution is 0.337. The quantitative estimate of drug-likeness (QED) is 0.736. The summed E-state index contributed by atoms with van der Waals surface area (Å²) in [6.07, 6.45) is 10.6. The third-order valence-electron chi connectivity index (χ3n) is 3.06. The molecule has 4 nitrogen and oxygen atoms in total. The summed E-state index contributed by atoms with van der Waals surface area (Å²) in [7, 11) is 0. The van der Waals surface area contributed by atoms with Crippen LogP contribution in [0, 0.1) is 0 Å². The highest BCUT2D eigenvalue weighted by Gasteiger charge is 2.19. The van der Waals surface area contributed by atoms with Crippen LogP contribution in [-0.4, -0.2) is 29.7 Å². The maximum absolute atomic E-state index is 5.63. The van der Waals surface area contributed by atoms with E-state index in [2.05, 4.69) is 21.4 Å². The lowest BCUT2D eigenvalue weighted by Gasteiger charge is -2.19. The molecular weight excluding hydrogens is 238 g/mol. The van der Waals surface area contributed by atoms with Crippen LogP contribution in [0.5, 0.6) is 5.75 Å². The van der Waals surface area contributed by atoms with Gasteiger partial charge in [0.15, 0.2) is 11.6 Å². The Hall–Kier alpha value is -1.84. The van der Waals surface area contributed by atoms with Gasteiger partial charge in [0.25, 0.3) is 0 Å². The van der Waals surface area contributed by atoms with E-state index in [9.17, 15) is 0 Å². The molecule has 1 aromatic heterocycles. The van der Waals surface area contributed by atoms with Crippen molar-refractivity contribution in [1.82, 2.24) is 9.97 Å². The van der Waals surface area contributed by atoms with Crippen molar-refractivity contribution in [2.24, 2.45) is 0 Å². The van der Waals surface area contributed by atoms with Gasteiger partial charge in [-0.1, -0.05) is 24.8 Å². The van der Waals surface area contributed by atoms with Crippen LogP contribution in [0.25, 0.3) is 0 Å². The molecule has 1 aromatic rings. The summed E-state index contributed by atoms with van der Waals surface area (Å²) in [5.41, 5.74) is 0. The van der Waals surface area contributed by atoms with Crippen molar-refractivity contribution in [3.05, 3.63) is 36.8 Å². The molecule has 102 valence electrons. The summed E-state index contributed by atoms with van der Waals surface area (Å²) in [4.78, 5) is 11.3. The fraction of sp³-hybridized carbons (Fsp3) is 0.467. The zero-order chi connectivity index (χ0) is 13.5. The van der Waals surface area contributed by atoms with E-state index in [4.69, 9.17) is 4.74 Å². The van der Waals surface area contributed by atoms with Gasteiger partial charge >= 0.3 is 0 Å². The topological polar surface area (TPSA) is 38.2 Å². The number of ether oxygens (including phenoxy) is 1. The maximum atomic E-state index is 5.63. The van der Waals surface area contributed by atoms with Gasteiger partial charge in [-0.3, -0.25) is 0 Å². The monoisotopic (exact) mass is 259 g/mol. The molecule has 2 rings (SSSR count). The van der Waals surface area contributed by atoms with E-state index in [0.29, 0.717) is 6.61 Å². The minimum atomic E-state index is 0.639. The Morgan fingerprint density at radius 1 is 1.42 bits per heavy atom. The average molecular weight is 259 g/mol. The minimum Gasteiger partial charge on any atom is -0.488 e. The molecular formula is C15H21N3O. The molecule has 1 aliphatic heterocycles. The van der Waals surface area contributed by atoms with Crippen LogP contribution in [0.2, 0.25) is 0 Å². The number of hydrogen-bond donors (Lipinski definition) is 0. The highest BCUT2D eigenvalue weighted by Crippen LogP contribution is 2.28. The Bertz CT molecular complexity index is 451. The fourth-order valence-electron chi connectivity index (χ4n) is 2.18. The average Bonchev–Trinajstić information content (AvgIpc) is 2.95. The number of allylic oxidation sites excluding steroid dienone is 3. The number of nitrogens with zero attached hydrogens (tertiary/aromatic N) is 3. The molecule has 0 unspecified atom stereocenters. The summed E-state index contributed by atoms with van der Waals surface area (Å²) in [6, 6.07) is 0. The van der Waals surface area contributed by atoms with Crippen LogP contribution in [-0.2, 0) is 6.42 Å². The molecule has 1 fully saturated rings. The largest absolute Gasteiger partial charge is 0.488 e. The zero-order valence-corrected chi connectivity index (χ0v) is 11.5. The third kappa shape index (κ3) is 3.56. The lowest BCUT2D eigenvalue weighted by atomic mass is 10.3. The molecule has 0 aromatic carbocycles. The van der Waals surface area contributed by atoms with Gasteiger partial charge in [0.1, 0.15) is 5.82 Å². The van der Waals surface area contributed by atoms with Gasteiger partial charge in [0.2, 0.25) is 0 Å². The van der Waals surface area contributed by atoms with Crippen LogP contribution in [0.1, 0.15) is 25.6 Å². The summed E-state index contributed by atoms with van der Waals surface area (Å²) in [5, 5.41) is 0. The van der Waals surface area contributed by atoms with Gasteiger partial charge in [-0.05, 0) is 19.8 Å². The number of hydrogen-bond acceptors (Lipinski definition) is 4. The van der Waals surface area contributed by atoms with E-state index in [1.165, 1.54) is 12.8 Å². The van der Waals surface area contributed by atoms with E-state index in [1.54, 1.807) is 12.3 Å². The van der Waals surface area contributed by atoms with E-state index >= 15 is 0 Å². The standard InChI is InChI=1S/C15H21N3O/c1-3-5-6-9-14-16-12-13(19-4-2)15(17-14)18-10-7-8-11-18/h3,5-6,12H,1,4,7-11H2,2H3/b6-5-. The predicted molar refractivity (Wildman–Crippen MR) is 77.7 cm³/mol. The van der Waals surface area contributed by atoms with Gasteiger partial charge in [-0.2, -0.15) is 0 Å². The Morgan fingerprint density at radius 3 is 2.89 bits per heavy atom. The predicted octanol–water partition coefficient (Wildman–Crippen LogP) is 2.76. The SMILES string of the molecule is C=C/C=C\Cc1ncc(OCC)c(N2CCCC2)n1. The fourth-order valence-corrected chi connectivity index (χ4v) is 2.18. The summed E-state index contributed by atoms with van der Waals surface area (Å²) in [5.74, 6) is 2.56. The van der Waals surface area contributed by atoms with Crippen molar-refractivity contribution in [3.8, 4) is 5.75 Å². The molecule has 2 heterocycles. The molecule has 0 N–H and O–H groups in total.